The summed E-state index contributed by atoms with van der Waals surface area (Å²) in [6.45, 7) is 10.1. The first kappa shape index (κ1) is 17.5. The van der Waals surface area contributed by atoms with E-state index in [0.29, 0.717) is 12.0 Å². The van der Waals surface area contributed by atoms with Gasteiger partial charge in [-0.1, -0.05) is 19.8 Å². The lowest BCUT2D eigenvalue weighted by atomic mass is 10.2. The summed E-state index contributed by atoms with van der Waals surface area (Å²) in [5.74, 6) is 0.624. The van der Waals surface area contributed by atoms with E-state index in [1.54, 1.807) is 0 Å². The van der Waals surface area contributed by atoms with Crippen molar-refractivity contribution in [1.82, 2.24) is 15.1 Å². The second kappa shape index (κ2) is 10.1. The van der Waals surface area contributed by atoms with Crippen LogP contribution in [0, 0.1) is 0 Å². The monoisotopic (exact) mass is 309 g/mol. The Hall–Kier alpha value is -0.810. The topological polar surface area (TPSA) is 56.9 Å². The van der Waals surface area contributed by atoms with Crippen molar-refractivity contribution >= 4 is 5.96 Å². The van der Waals surface area contributed by atoms with Crippen molar-refractivity contribution in [2.45, 2.75) is 57.9 Å². The Balaban J connectivity index is 1.56. The highest BCUT2D eigenvalue weighted by molar-refractivity contribution is 5.77. The highest BCUT2D eigenvalue weighted by Gasteiger charge is 2.22. The summed E-state index contributed by atoms with van der Waals surface area (Å²) < 4.78 is 0. The van der Waals surface area contributed by atoms with Crippen LogP contribution in [0.1, 0.15) is 51.9 Å². The Bertz CT molecular complexity index is 323. The first-order chi connectivity index (χ1) is 10.8. The molecule has 1 unspecified atom stereocenters. The molecule has 0 aromatic heterocycles. The van der Waals surface area contributed by atoms with Crippen LogP contribution in [0.4, 0.5) is 0 Å². The van der Waals surface area contributed by atoms with E-state index in [-0.39, 0.29) is 0 Å². The molecule has 2 saturated heterocycles. The molecule has 1 atom stereocenters. The predicted molar refractivity (Wildman–Crippen MR) is 94.3 cm³/mol. The lowest BCUT2D eigenvalue weighted by molar-refractivity contribution is 0.273. The van der Waals surface area contributed by atoms with Gasteiger partial charge in [-0.25, -0.2) is 0 Å². The van der Waals surface area contributed by atoms with Gasteiger partial charge in [-0.15, -0.1) is 0 Å². The summed E-state index contributed by atoms with van der Waals surface area (Å²) in [6.07, 6.45) is 9.27. The maximum Gasteiger partial charge on any atom is 0.188 e. The van der Waals surface area contributed by atoms with Crippen molar-refractivity contribution < 1.29 is 0 Å². The molecule has 5 heteroatoms. The molecular weight excluding hydrogens is 274 g/mol. The molecule has 2 aliphatic heterocycles. The number of likely N-dealkylation sites (N-methyl/N-ethyl adjacent to an activating group) is 1. The fraction of sp³-hybridized carbons (Fsp3) is 0.941. The van der Waals surface area contributed by atoms with E-state index >= 15 is 0 Å². The van der Waals surface area contributed by atoms with Gasteiger partial charge < -0.3 is 16.0 Å². The molecule has 0 aromatic rings. The van der Waals surface area contributed by atoms with Crippen LogP contribution < -0.4 is 11.1 Å². The lowest BCUT2D eigenvalue weighted by Gasteiger charge is -2.21. The van der Waals surface area contributed by atoms with E-state index in [1.807, 2.05) is 0 Å². The molecule has 3 N–H and O–H groups in total. The minimum Gasteiger partial charge on any atom is -0.370 e. The minimum atomic E-state index is 0.599. The van der Waals surface area contributed by atoms with Gasteiger partial charge >= 0.3 is 0 Å². The summed E-state index contributed by atoms with van der Waals surface area (Å²) in [5, 5.41) is 3.28. The number of nitrogens with one attached hydrogen (secondary N) is 1. The van der Waals surface area contributed by atoms with Crippen molar-refractivity contribution in [1.29, 1.82) is 0 Å². The number of nitrogens with zero attached hydrogens (tertiary/aromatic N) is 3. The number of hydrogen-bond acceptors (Lipinski definition) is 3. The van der Waals surface area contributed by atoms with E-state index < -0.39 is 0 Å². The summed E-state index contributed by atoms with van der Waals surface area (Å²) in [5.41, 5.74) is 5.99. The Kier molecular flexibility index (Phi) is 8.02. The molecule has 2 aliphatic rings. The Morgan fingerprint density at radius 1 is 1.14 bits per heavy atom. The predicted octanol–water partition coefficient (Wildman–Crippen LogP) is 1.64. The molecule has 22 heavy (non-hydrogen) atoms. The second-order valence-corrected chi connectivity index (χ2v) is 6.69. The third kappa shape index (κ3) is 6.13. The first-order valence-corrected chi connectivity index (χ1v) is 9.30. The molecule has 0 saturated carbocycles. The van der Waals surface area contributed by atoms with E-state index in [1.165, 1.54) is 64.7 Å². The molecule has 0 bridgehead atoms. The van der Waals surface area contributed by atoms with E-state index in [4.69, 9.17) is 5.73 Å². The Morgan fingerprint density at radius 2 is 1.91 bits per heavy atom. The van der Waals surface area contributed by atoms with Crippen LogP contribution in [0.15, 0.2) is 4.99 Å². The largest absolute Gasteiger partial charge is 0.370 e. The second-order valence-electron chi connectivity index (χ2n) is 6.69. The number of aliphatic imine (C=N–C) groups is 1. The molecular formula is C17H35N5. The van der Waals surface area contributed by atoms with Gasteiger partial charge in [0.1, 0.15) is 0 Å². The fourth-order valence-electron chi connectivity index (χ4n) is 3.66. The zero-order valence-corrected chi connectivity index (χ0v) is 14.4. The van der Waals surface area contributed by atoms with Crippen LogP contribution in [0.2, 0.25) is 0 Å². The van der Waals surface area contributed by atoms with Crippen LogP contribution >= 0.6 is 0 Å². The summed E-state index contributed by atoms with van der Waals surface area (Å²) >= 11 is 0. The molecule has 5 nitrogen and oxygen atoms in total. The summed E-state index contributed by atoms with van der Waals surface area (Å²) in [4.78, 5) is 9.64. The number of nitrogens with two attached hydrogens (primary N) is 1. The quantitative estimate of drug-likeness (QED) is 0.426. The van der Waals surface area contributed by atoms with Gasteiger partial charge in [-0.05, 0) is 64.8 Å². The molecule has 2 heterocycles. The van der Waals surface area contributed by atoms with Crippen molar-refractivity contribution in [2.75, 3.05) is 45.8 Å². The van der Waals surface area contributed by atoms with Crippen LogP contribution in [-0.4, -0.2) is 67.6 Å². The average Bonchev–Trinajstić information content (AvgIpc) is 2.83. The molecule has 0 aromatic carbocycles. The van der Waals surface area contributed by atoms with Crippen molar-refractivity contribution in [3.63, 3.8) is 0 Å². The van der Waals surface area contributed by atoms with Gasteiger partial charge in [-0.3, -0.25) is 9.89 Å². The van der Waals surface area contributed by atoms with E-state index in [0.717, 1.165) is 26.1 Å². The van der Waals surface area contributed by atoms with Gasteiger partial charge in [0.05, 0.1) is 6.54 Å². The number of rotatable bonds is 7. The standard InChI is InChI=1S/C17H35N5/c1-2-22-14-7-9-16(22)15-20-17(18)19-10-8-13-21-11-5-3-4-6-12-21/h16H,2-15H2,1H3,(H3,18,19,20). The maximum atomic E-state index is 5.99. The third-order valence-corrected chi connectivity index (χ3v) is 5.03. The van der Waals surface area contributed by atoms with Crippen LogP contribution in [0.5, 0.6) is 0 Å². The Morgan fingerprint density at radius 3 is 2.64 bits per heavy atom. The van der Waals surface area contributed by atoms with Gasteiger partial charge in [0.25, 0.3) is 0 Å². The lowest BCUT2D eigenvalue weighted by Crippen LogP contribution is -2.37. The third-order valence-electron chi connectivity index (χ3n) is 5.03. The van der Waals surface area contributed by atoms with Gasteiger partial charge in [0.2, 0.25) is 0 Å². The van der Waals surface area contributed by atoms with Crippen LogP contribution in [-0.2, 0) is 0 Å². The summed E-state index contributed by atoms with van der Waals surface area (Å²) in [7, 11) is 0. The molecule has 2 fully saturated rings. The number of guanidine groups is 1. The molecule has 0 spiro atoms. The maximum absolute atomic E-state index is 5.99. The van der Waals surface area contributed by atoms with Gasteiger partial charge in [-0.2, -0.15) is 0 Å². The van der Waals surface area contributed by atoms with E-state index in [2.05, 4.69) is 27.0 Å². The SMILES string of the molecule is CCN1CCCC1CN=C(N)NCCCN1CCCCCC1. The zero-order chi connectivity index (χ0) is 15.6. The van der Waals surface area contributed by atoms with Crippen molar-refractivity contribution in [3.05, 3.63) is 0 Å². The normalized spacial score (nSPS) is 25.3. The van der Waals surface area contributed by atoms with E-state index in [9.17, 15) is 0 Å². The molecule has 2 rings (SSSR count). The highest BCUT2D eigenvalue weighted by Crippen LogP contribution is 2.16. The highest BCUT2D eigenvalue weighted by atomic mass is 15.2. The number of likely N-dealkylation sites (tertiary alicyclic amines) is 2. The molecule has 128 valence electrons. The van der Waals surface area contributed by atoms with Crippen molar-refractivity contribution in [3.8, 4) is 0 Å². The van der Waals surface area contributed by atoms with Gasteiger partial charge in [0, 0.05) is 12.6 Å². The van der Waals surface area contributed by atoms with Crippen LogP contribution in [0.3, 0.4) is 0 Å². The average molecular weight is 310 g/mol. The molecule has 0 aliphatic carbocycles. The molecule has 0 radical (unpaired) electrons. The number of hydrogen-bond donors (Lipinski definition) is 2. The van der Waals surface area contributed by atoms with Gasteiger partial charge in [0.15, 0.2) is 5.96 Å². The summed E-state index contributed by atoms with van der Waals surface area (Å²) in [6, 6.07) is 0.599. The van der Waals surface area contributed by atoms with Crippen molar-refractivity contribution in [2.24, 2.45) is 10.7 Å². The Labute approximate surface area is 136 Å². The van der Waals surface area contributed by atoms with Crippen LogP contribution in [0.25, 0.3) is 0 Å². The first-order valence-electron chi connectivity index (χ1n) is 9.30. The molecule has 0 amide bonds. The zero-order valence-electron chi connectivity index (χ0n) is 14.4. The smallest absolute Gasteiger partial charge is 0.188 e. The minimum absolute atomic E-state index is 0.599. The fourth-order valence-corrected chi connectivity index (χ4v) is 3.66.